The van der Waals surface area contributed by atoms with Gasteiger partial charge in [0, 0.05) is 24.1 Å². The molecule has 0 aliphatic heterocycles. The number of carbonyl (C=O) groups is 1. The van der Waals surface area contributed by atoms with Gasteiger partial charge < -0.3 is 23.8 Å². The van der Waals surface area contributed by atoms with Crippen LogP contribution in [0.15, 0.2) is 47.8 Å². The van der Waals surface area contributed by atoms with Crippen molar-refractivity contribution in [1.29, 1.82) is 0 Å². The number of rotatable bonds is 7. The van der Waals surface area contributed by atoms with E-state index in [9.17, 15) is 4.79 Å². The molecule has 0 unspecified atom stereocenters. The average molecular weight is 410 g/mol. The Morgan fingerprint density at radius 3 is 2.10 bits per heavy atom. The molecule has 0 aliphatic carbocycles. The van der Waals surface area contributed by atoms with Gasteiger partial charge in [0.1, 0.15) is 11.4 Å². The van der Waals surface area contributed by atoms with Gasteiger partial charge in [-0.1, -0.05) is 5.16 Å². The van der Waals surface area contributed by atoms with Gasteiger partial charge in [-0.2, -0.15) is 0 Å². The number of methoxy groups -OCH3 is 4. The lowest BCUT2D eigenvalue weighted by atomic mass is 10.0. The average Bonchev–Trinajstić information content (AvgIpc) is 2.77. The van der Waals surface area contributed by atoms with E-state index in [2.05, 4.69) is 10.1 Å². The van der Waals surface area contributed by atoms with Crippen LogP contribution in [0.3, 0.4) is 0 Å². The molecule has 1 aromatic heterocycles. The van der Waals surface area contributed by atoms with E-state index in [4.69, 9.17) is 23.8 Å². The second-order valence-corrected chi connectivity index (χ2v) is 6.18. The van der Waals surface area contributed by atoms with Gasteiger partial charge in [0.2, 0.25) is 0 Å². The predicted octanol–water partition coefficient (Wildman–Crippen LogP) is 3.58. The summed E-state index contributed by atoms with van der Waals surface area (Å²) < 4.78 is 21.5. The second-order valence-electron chi connectivity index (χ2n) is 6.18. The number of carbonyl (C=O) groups excluding carboxylic acids is 1. The third-order valence-electron chi connectivity index (χ3n) is 4.42. The highest BCUT2D eigenvalue weighted by atomic mass is 16.7. The van der Waals surface area contributed by atoms with E-state index in [1.54, 1.807) is 51.8 Å². The lowest BCUT2D eigenvalue weighted by Gasteiger charge is -2.14. The van der Waals surface area contributed by atoms with Crippen LogP contribution < -0.4 is 18.9 Å². The predicted molar refractivity (Wildman–Crippen MR) is 112 cm³/mol. The summed E-state index contributed by atoms with van der Waals surface area (Å²) in [4.78, 5) is 20.9. The van der Waals surface area contributed by atoms with Crippen LogP contribution in [0, 0.1) is 0 Å². The van der Waals surface area contributed by atoms with E-state index in [-0.39, 0.29) is 0 Å². The van der Waals surface area contributed by atoms with Gasteiger partial charge in [-0.3, -0.25) is 4.98 Å². The van der Waals surface area contributed by atoms with Gasteiger partial charge in [0.05, 0.1) is 28.4 Å². The Hall–Kier alpha value is -3.81. The van der Waals surface area contributed by atoms with Gasteiger partial charge in [-0.15, -0.1) is 0 Å². The highest BCUT2D eigenvalue weighted by Gasteiger charge is 2.18. The van der Waals surface area contributed by atoms with Gasteiger partial charge in [0.25, 0.3) is 0 Å². The minimum atomic E-state index is -0.549. The molecule has 0 aliphatic rings. The fourth-order valence-corrected chi connectivity index (χ4v) is 3.01. The van der Waals surface area contributed by atoms with Crippen LogP contribution in [0.25, 0.3) is 10.8 Å². The summed E-state index contributed by atoms with van der Waals surface area (Å²) in [6, 6.07) is 10.8. The number of pyridine rings is 1. The Kier molecular flexibility index (Phi) is 6.36. The summed E-state index contributed by atoms with van der Waals surface area (Å²) in [5.74, 6) is 1.65. The van der Waals surface area contributed by atoms with Crippen molar-refractivity contribution in [3.63, 3.8) is 0 Å². The molecule has 0 atom stereocenters. The summed E-state index contributed by atoms with van der Waals surface area (Å²) >= 11 is 0. The Morgan fingerprint density at radius 2 is 1.47 bits per heavy atom. The zero-order valence-electron chi connectivity index (χ0n) is 17.4. The largest absolute Gasteiger partial charge is 0.493 e. The molecular weight excluding hydrogens is 388 g/mol. The van der Waals surface area contributed by atoms with Crippen molar-refractivity contribution < 1.29 is 28.6 Å². The van der Waals surface area contributed by atoms with Crippen LogP contribution in [0.4, 0.5) is 0 Å². The van der Waals surface area contributed by atoms with E-state index in [1.165, 1.54) is 14.0 Å². The zero-order valence-corrected chi connectivity index (χ0v) is 17.4. The molecule has 156 valence electrons. The van der Waals surface area contributed by atoms with Gasteiger partial charge >= 0.3 is 5.97 Å². The number of hydrogen-bond acceptors (Lipinski definition) is 8. The Labute approximate surface area is 174 Å². The summed E-state index contributed by atoms with van der Waals surface area (Å²) in [6.07, 6.45) is 1.65. The third kappa shape index (κ3) is 4.12. The van der Waals surface area contributed by atoms with Gasteiger partial charge in [0.15, 0.2) is 23.0 Å². The van der Waals surface area contributed by atoms with Gasteiger partial charge in [-0.05, 0) is 41.8 Å². The number of fused-ring (bicyclic) bond motifs is 1. The van der Waals surface area contributed by atoms with Crippen molar-refractivity contribution in [2.24, 2.45) is 5.16 Å². The molecule has 1 heterocycles. The number of benzene rings is 2. The van der Waals surface area contributed by atoms with Crippen LogP contribution in [0.2, 0.25) is 0 Å². The van der Waals surface area contributed by atoms with Crippen molar-refractivity contribution >= 4 is 22.5 Å². The molecule has 0 bridgehead atoms. The SMILES string of the molecule is COc1ccc(/C(=N/OC(C)=O)c2nccc3cc(OC)c(OC)cc23)cc1OC. The van der Waals surface area contributed by atoms with Gasteiger partial charge in [-0.25, -0.2) is 4.79 Å². The first-order chi connectivity index (χ1) is 14.5. The fourth-order valence-electron chi connectivity index (χ4n) is 3.01. The Bertz CT molecular complexity index is 1110. The first-order valence-electron chi connectivity index (χ1n) is 9.01. The Morgan fingerprint density at radius 1 is 0.833 bits per heavy atom. The zero-order chi connectivity index (χ0) is 21.7. The monoisotopic (exact) mass is 410 g/mol. The number of nitrogens with zero attached hydrogens (tertiary/aromatic N) is 2. The number of aromatic nitrogens is 1. The van der Waals surface area contributed by atoms with Crippen molar-refractivity contribution in [1.82, 2.24) is 4.98 Å². The molecule has 0 spiro atoms. The quantitative estimate of drug-likeness (QED) is 0.334. The van der Waals surface area contributed by atoms with Crippen LogP contribution in [0.5, 0.6) is 23.0 Å². The molecule has 0 saturated heterocycles. The fraction of sp³-hybridized carbons (Fsp3) is 0.227. The van der Waals surface area contributed by atoms with E-state index >= 15 is 0 Å². The van der Waals surface area contributed by atoms with E-state index in [0.717, 1.165) is 10.8 Å². The van der Waals surface area contributed by atoms with Crippen LogP contribution >= 0.6 is 0 Å². The number of hydrogen-bond donors (Lipinski definition) is 0. The third-order valence-corrected chi connectivity index (χ3v) is 4.42. The van der Waals surface area contributed by atoms with E-state index < -0.39 is 5.97 Å². The molecule has 3 rings (SSSR count). The maximum atomic E-state index is 11.5. The molecule has 8 nitrogen and oxygen atoms in total. The number of ether oxygens (including phenoxy) is 4. The summed E-state index contributed by atoms with van der Waals surface area (Å²) in [6.45, 7) is 1.28. The molecule has 0 fully saturated rings. The maximum Gasteiger partial charge on any atom is 0.332 e. The van der Waals surface area contributed by atoms with Crippen molar-refractivity contribution in [3.8, 4) is 23.0 Å². The molecule has 8 heteroatoms. The van der Waals surface area contributed by atoms with Crippen LogP contribution in [0.1, 0.15) is 18.2 Å². The molecule has 30 heavy (non-hydrogen) atoms. The molecule has 3 aromatic rings. The van der Waals surface area contributed by atoms with Crippen molar-refractivity contribution in [2.45, 2.75) is 6.92 Å². The minimum Gasteiger partial charge on any atom is -0.493 e. The lowest BCUT2D eigenvalue weighted by molar-refractivity contribution is -0.140. The normalized spacial score (nSPS) is 11.2. The number of oxime groups is 1. The summed E-state index contributed by atoms with van der Waals surface area (Å²) in [5, 5.41) is 5.68. The van der Waals surface area contributed by atoms with E-state index in [1.807, 2.05) is 12.1 Å². The van der Waals surface area contributed by atoms with E-state index in [0.29, 0.717) is 40.0 Å². The smallest absolute Gasteiger partial charge is 0.332 e. The Balaban J connectivity index is 2.26. The topological polar surface area (TPSA) is 88.5 Å². The molecule has 0 saturated carbocycles. The molecule has 0 amide bonds. The first kappa shape index (κ1) is 20.9. The standard InChI is InChI=1S/C22H22N2O6/c1-13(25)30-24-21(15-6-7-17(26-2)18(11-15)27-3)22-16-12-20(29-5)19(28-4)10-14(16)8-9-23-22/h6-12H,1-5H3/b24-21-. The van der Waals surface area contributed by atoms with Crippen LogP contribution in [-0.4, -0.2) is 45.1 Å². The molecular formula is C22H22N2O6. The minimum absolute atomic E-state index is 0.351. The molecule has 0 radical (unpaired) electrons. The second kappa shape index (κ2) is 9.13. The summed E-state index contributed by atoms with van der Waals surface area (Å²) in [7, 11) is 6.22. The lowest BCUT2D eigenvalue weighted by Crippen LogP contribution is -2.09. The first-order valence-corrected chi connectivity index (χ1v) is 9.01. The maximum absolute atomic E-state index is 11.5. The van der Waals surface area contributed by atoms with Crippen LogP contribution in [-0.2, 0) is 9.63 Å². The molecule has 0 N–H and O–H groups in total. The van der Waals surface area contributed by atoms with Crippen molar-refractivity contribution in [3.05, 3.63) is 53.9 Å². The summed E-state index contributed by atoms with van der Waals surface area (Å²) in [5.41, 5.74) is 1.48. The van der Waals surface area contributed by atoms with Crippen molar-refractivity contribution in [2.75, 3.05) is 28.4 Å². The molecule has 2 aromatic carbocycles. The highest BCUT2D eigenvalue weighted by Crippen LogP contribution is 2.34. The highest BCUT2D eigenvalue weighted by molar-refractivity contribution is 6.18.